The third kappa shape index (κ3) is 5.02. The highest BCUT2D eigenvalue weighted by Crippen LogP contribution is 2.50. The molecule has 0 radical (unpaired) electrons. The molecule has 1 heterocycles. The standard InChI is InChI=1S/C53H37NO/c1-53(2)49-14-8-6-12-44(49)45-29-27-42(32-50(45)53)54(40-23-18-35(19-24-40)34-10-4-3-5-11-34)41-25-20-36(21-26-41)37-22-28-43-38(30-37)16-17-39-31-48-46-13-7-9-15-51(46)55-52(48)33-47(39)43/h3-33H,1-2H3. The van der Waals surface area contributed by atoms with Gasteiger partial charge in [-0.05, 0) is 127 Å². The Hall–Kier alpha value is -6.90. The lowest BCUT2D eigenvalue weighted by molar-refractivity contribution is 0.660. The summed E-state index contributed by atoms with van der Waals surface area (Å²) in [6, 6.07) is 68.5. The normalized spacial score (nSPS) is 13.1. The van der Waals surface area contributed by atoms with E-state index >= 15 is 0 Å². The van der Waals surface area contributed by atoms with Crippen molar-refractivity contribution < 1.29 is 4.42 Å². The Morgan fingerprint density at radius 1 is 0.364 bits per heavy atom. The minimum atomic E-state index is -0.0892. The van der Waals surface area contributed by atoms with Crippen LogP contribution in [0.15, 0.2) is 192 Å². The molecule has 0 fully saturated rings. The van der Waals surface area contributed by atoms with E-state index in [1.165, 1.54) is 66.1 Å². The molecule has 9 aromatic carbocycles. The Morgan fingerprint density at radius 2 is 0.964 bits per heavy atom. The van der Waals surface area contributed by atoms with Gasteiger partial charge in [-0.1, -0.05) is 141 Å². The first-order valence-electron chi connectivity index (χ1n) is 19.1. The number of hydrogen-bond acceptors (Lipinski definition) is 2. The zero-order chi connectivity index (χ0) is 36.7. The van der Waals surface area contributed by atoms with E-state index < -0.39 is 0 Å². The number of rotatable bonds is 5. The van der Waals surface area contributed by atoms with Crippen LogP contribution >= 0.6 is 0 Å². The first-order chi connectivity index (χ1) is 27.0. The van der Waals surface area contributed by atoms with E-state index in [4.69, 9.17) is 4.42 Å². The van der Waals surface area contributed by atoms with Crippen molar-refractivity contribution in [2.45, 2.75) is 19.3 Å². The third-order valence-corrected chi connectivity index (χ3v) is 11.8. The number of benzene rings is 9. The van der Waals surface area contributed by atoms with Crippen molar-refractivity contribution in [3.63, 3.8) is 0 Å². The second kappa shape index (κ2) is 12.1. The molecule has 2 heteroatoms. The molecular formula is C53H37NO. The first kappa shape index (κ1) is 31.6. The number of hydrogen-bond donors (Lipinski definition) is 0. The fourth-order valence-electron chi connectivity index (χ4n) is 8.98. The van der Waals surface area contributed by atoms with E-state index in [-0.39, 0.29) is 5.41 Å². The molecule has 0 saturated heterocycles. The minimum Gasteiger partial charge on any atom is -0.456 e. The quantitative estimate of drug-likeness (QED) is 0.166. The number of anilines is 3. The molecule has 0 unspecified atom stereocenters. The maximum Gasteiger partial charge on any atom is 0.136 e. The predicted octanol–water partition coefficient (Wildman–Crippen LogP) is 15.0. The highest BCUT2D eigenvalue weighted by molar-refractivity contribution is 6.16. The van der Waals surface area contributed by atoms with Crippen LogP contribution in [0.1, 0.15) is 25.0 Å². The smallest absolute Gasteiger partial charge is 0.136 e. The second-order valence-corrected chi connectivity index (χ2v) is 15.4. The van der Waals surface area contributed by atoms with Gasteiger partial charge in [-0.15, -0.1) is 0 Å². The van der Waals surface area contributed by atoms with Crippen molar-refractivity contribution in [1.29, 1.82) is 0 Å². The lowest BCUT2D eigenvalue weighted by atomic mass is 9.82. The van der Waals surface area contributed by atoms with Crippen LogP contribution in [0.2, 0.25) is 0 Å². The van der Waals surface area contributed by atoms with Crippen LogP contribution in [0.4, 0.5) is 17.1 Å². The van der Waals surface area contributed by atoms with Crippen LogP contribution in [0, 0.1) is 0 Å². The van der Waals surface area contributed by atoms with Gasteiger partial charge in [0.05, 0.1) is 0 Å². The largest absolute Gasteiger partial charge is 0.456 e. The van der Waals surface area contributed by atoms with Crippen molar-refractivity contribution in [3.05, 3.63) is 199 Å². The summed E-state index contributed by atoms with van der Waals surface area (Å²) in [6.07, 6.45) is 0. The minimum absolute atomic E-state index is 0.0892. The average molecular weight is 704 g/mol. The molecule has 10 aromatic rings. The lowest BCUT2D eigenvalue weighted by Crippen LogP contribution is -2.16. The predicted molar refractivity (Wildman–Crippen MR) is 232 cm³/mol. The molecule has 55 heavy (non-hydrogen) atoms. The van der Waals surface area contributed by atoms with Crippen LogP contribution < -0.4 is 4.90 Å². The number of fused-ring (bicyclic) bond motifs is 9. The summed E-state index contributed by atoms with van der Waals surface area (Å²) >= 11 is 0. The fourth-order valence-corrected chi connectivity index (χ4v) is 8.98. The third-order valence-electron chi connectivity index (χ3n) is 11.8. The van der Waals surface area contributed by atoms with Gasteiger partial charge in [-0.2, -0.15) is 0 Å². The summed E-state index contributed by atoms with van der Waals surface area (Å²) in [5.74, 6) is 0. The molecule has 0 spiro atoms. The van der Waals surface area contributed by atoms with Crippen LogP contribution in [0.5, 0.6) is 0 Å². The maximum absolute atomic E-state index is 6.27. The van der Waals surface area contributed by atoms with E-state index in [0.29, 0.717) is 0 Å². The highest BCUT2D eigenvalue weighted by Gasteiger charge is 2.35. The van der Waals surface area contributed by atoms with Gasteiger partial charge < -0.3 is 9.32 Å². The van der Waals surface area contributed by atoms with Crippen molar-refractivity contribution in [2.24, 2.45) is 0 Å². The fraction of sp³-hybridized carbons (Fsp3) is 0.0566. The van der Waals surface area contributed by atoms with Crippen LogP contribution in [0.3, 0.4) is 0 Å². The van der Waals surface area contributed by atoms with E-state index in [9.17, 15) is 0 Å². The Bertz CT molecular complexity index is 3100. The van der Waals surface area contributed by atoms with Crippen LogP contribution in [-0.4, -0.2) is 0 Å². The molecule has 0 N–H and O–H groups in total. The Kier molecular flexibility index (Phi) is 6.93. The van der Waals surface area contributed by atoms with Gasteiger partial charge in [0.25, 0.3) is 0 Å². The van der Waals surface area contributed by atoms with Crippen molar-refractivity contribution in [3.8, 4) is 33.4 Å². The monoisotopic (exact) mass is 703 g/mol. The number of nitrogens with zero attached hydrogens (tertiary/aromatic N) is 1. The molecule has 1 aliphatic carbocycles. The molecule has 11 rings (SSSR count). The summed E-state index contributed by atoms with van der Waals surface area (Å²) < 4.78 is 6.27. The van der Waals surface area contributed by atoms with Gasteiger partial charge in [0.15, 0.2) is 0 Å². The number of para-hydroxylation sites is 1. The summed E-state index contributed by atoms with van der Waals surface area (Å²) in [5, 5.41) is 7.19. The molecule has 1 aliphatic rings. The van der Waals surface area contributed by atoms with Gasteiger partial charge in [0.2, 0.25) is 0 Å². The maximum atomic E-state index is 6.27. The molecule has 1 aromatic heterocycles. The van der Waals surface area contributed by atoms with Crippen molar-refractivity contribution >= 4 is 60.5 Å². The van der Waals surface area contributed by atoms with Crippen LogP contribution in [0.25, 0.3) is 76.9 Å². The number of furan rings is 1. The Labute approximate surface area is 320 Å². The van der Waals surface area contributed by atoms with Gasteiger partial charge >= 0.3 is 0 Å². The zero-order valence-electron chi connectivity index (χ0n) is 30.8. The molecule has 0 atom stereocenters. The second-order valence-electron chi connectivity index (χ2n) is 15.4. The highest BCUT2D eigenvalue weighted by atomic mass is 16.3. The Morgan fingerprint density at radius 3 is 1.75 bits per heavy atom. The van der Waals surface area contributed by atoms with Gasteiger partial charge in [0, 0.05) is 33.2 Å². The van der Waals surface area contributed by atoms with Crippen LogP contribution in [-0.2, 0) is 5.41 Å². The molecule has 0 aliphatic heterocycles. The topological polar surface area (TPSA) is 16.4 Å². The summed E-state index contributed by atoms with van der Waals surface area (Å²) in [7, 11) is 0. The van der Waals surface area contributed by atoms with Crippen molar-refractivity contribution in [1.82, 2.24) is 0 Å². The van der Waals surface area contributed by atoms with Gasteiger partial charge in [0.1, 0.15) is 11.2 Å². The van der Waals surface area contributed by atoms with Gasteiger partial charge in [-0.25, -0.2) is 0 Å². The average Bonchev–Trinajstić information content (AvgIpc) is 3.71. The Balaban J connectivity index is 0.984. The SMILES string of the molecule is CC1(C)c2ccccc2-c2ccc(N(c3ccc(-c4ccccc4)cc3)c3ccc(-c4ccc5c(ccc6cc7c(cc65)oc5ccccc57)c4)cc3)cc21. The molecule has 0 bridgehead atoms. The summed E-state index contributed by atoms with van der Waals surface area (Å²) in [5.41, 5.74) is 15.4. The summed E-state index contributed by atoms with van der Waals surface area (Å²) in [4.78, 5) is 2.39. The van der Waals surface area contributed by atoms with E-state index in [2.05, 4.69) is 195 Å². The van der Waals surface area contributed by atoms with Crippen molar-refractivity contribution in [2.75, 3.05) is 4.90 Å². The molecule has 260 valence electrons. The van der Waals surface area contributed by atoms with E-state index in [1.807, 2.05) is 12.1 Å². The van der Waals surface area contributed by atoms with E-state index in [1.54, 1.807) is 0 Å². The first-order valence-corrected chi connectivity index (χ1v) is 19.1. The molecule has 2 nitrogen and oxygen atoms in total. The zero-order valence-corrected chi connectivity index (χ0v) is 30.8. The van der Waals surface area contributed by atoms with Gasteiger partial charge in [-0.3, -0.25) is 0 Å². The molecule has 0 saturated carbocycles. The lowest BCUT2D eigenvalue weighted by Gasteiger charge is -2.28. The molecular weight excluding hydrogens is 667 g/mol. The molecule has 0 amide bonds. The van der Waals surface area contributed by atoms with E-state index in [0.717, 1.165) is 39.0 Å². The summed E-state index contributed by atoms with van der Waals surface area (Å²) in [6.45, 7) is 4.70.